The van der Waals surface area contributed by atoms with Crippen LogP contribution in [0.15, 0.2) is 0 Å². The van der Waals surface area contributed by atoms with Gasteiger partial charge in [0.05, 0.1) is 0 Å². The topological polar surface area (TPSA) is 61.4 Å². The van der Waals surface area contributed by atoms with Crippen molar-refractivity contribution in [1.82, 2.24) is 15.5 Å². The van der Waals surface area contributed by atoms with Crippen LogP contribution in [-0.4, -0.2) is 48.4 Å². The minimum Gasteiger partial charge on any atom is -0.353 e. The molecule has 0 aromatic rings. The normalized spacial score (nSPS) is 21.7. The Balaban J connectivity index is 1.66. The fraction of sp³-hybridized carbons (Fsp3) is 0.882. The Morgan fingerprint density at radius 2 is 1.91 bits per heavy atom. The lowest BCUT2D eigenvalue weighted by molar-refractivity contribution is -0.137. The van der Waals surface area contributed by atoms with E-state index in [1.165, 1.54) is 38.5 Å². The second-order valence-electron chi connectivity index (χ2n) is 6.55. The van der Waals surface area contributed by atoms with Crippen molar-refractivity contribution >= 4 is 11.8 Å². The molecule has 2 aliphatic rings. The molecule has 1 atom stereocenters. The second kappa shape index (κ2) is 9.13. The number of carbonyl (C=O) groups is 2. The molecule has 0 aromatic carbocycles. The van der Waals surface area contributed by atoms with E-state index in [1.54, 1.807) is 4.90 Å². The van der Waals surface area contributed by atoms with Crippen LogP contribution in [0.3, 0.4) is 0 Å². The fourth-order valence-corrected chi connectivity index (χ4v) is 3.61. The Labute approximate surface area is 134 Å². The highest BCUT2D eigenvalue weighted by molar-refractivity contribution is 5.88. The number of rotatable bonds is 7. The van der Waals surface area contributed by atoms with Crippen LogP contribution in [-0.2, 0) is 9.59 Å². The van der Waals surface area contributed by atoms with Crippen molar-refractivity contribution in [3.8, 4) is 0 Å². The maximum Gasteiger partial charge on any atom is 0.242 e. The SMILES string of the molecule is CCC(C(=O)NCCNC1CCCCCC1)N1CCCC1=O. The predicted octanol–water partition coefficient (Wildman–Crippen LogP) is 1.82. The number of carbonyl (C=O) groups excluding carboxylic acids is 2. The number of nitrogens with zero attached hydrogens (tertiary/aromatic N) is 1. The Kier molecular flexibility index (Phi) is 7.16. The first-order valence-corrected chi connectivity index (χ1v) is 9.03. The lowest BCUT2D eigenvalue weighted by atomic mass is 10.1. The first-order valence-electron chi connectivity index (χ1n) is 9.03. The molecule has 2 amide bonds. The van der Waals surface area contributed by atoms with Gasteiger partial charge in [-0.25, -0.2) is 0 Å². The van der Waals surface area contributed by atoms with Crippen LogP contribution in [0.2, 0.25) is 0 Å². The first kappa shape index (κ1) is 17.3. The van der Waals surface area contributed by atoms with Crippen molar-refractivity contribution in [2.75, 3.05) is 19.6 Å². The summed E-state index contributed by atoms with van der Waals surface area (Å²) in [4.78, 5) is 25.8. The van der Waals surface area contributed by atoms with Crippen molar-refractivity contribution < 1.29 is 9.59 Å². The van der Waals surface area contributed by atoms with Crippen molar-refractivity contribution in [1.29, 1.82) is 0 Å². The van der Waals surface area contributed by atoms with Gasteiger partial charge in [0.1, 0.15) is 6.04 Å². The Bertz CT molecular complexity index is 365. The zero-order valence-corrected chi connectivity index (χ0v) is 13.9. The molecule has 0 spiro atoms. The van der Waals surface area contributed by atoms with Gasteiger partial charge < -0.3 is 15.5 Å². The molecule has 0 aromatic heterocycles. The van der Waals surface area contributed by atoms with E-state index >= 15 is 0 Å². The minimum atomic E-state index is -0.284. The van der Waals surface area contributed by atoms with Gasteiger partial charge in [-0.3, -0.25) is 9.59 Å². The summed E-state index contributed by atoms with van der Waals surface area (Å²) in [6, 6.07) is 0.328. The summed E-state index contributed by atoms with van der Waals surface area (Å²) >= 11 is 0. The number of hydrogen-bond acceptors (Lipinski definition) is 3. The summed E-state index contributed by atoms with van der Waals surface area (Å²) in [7, 11) is 0. The van der Waals surface area contributed by atoms with Crippen molar-refractivity contribution in [2.24, 2.45) is 0 Å². The molecule has 5 heteroatoms. The quantitative estimate of drug-likeness (QED) is 0.557. The van der Waals surface area contributed by atoms with E-state index in [1.807, 2.05) is 6.92 Å². The zero-order valence-electron chi connectivity index (χ0n) is 13.9. The summed E-state index contributed by atoms with van der Waals surface area (Å²) in [5.74, 6) is 0.124. The van der Waals surface area contributed by atoms with Crippen LogP contribution < -0.4 is 10.6 Å². The summed E-state index contributed by atoms with van der Waals surface area (Å²) in [6.45, 7) is 4.17. The van der Waals surface area contributed by atoms with Gasteiger partial charge in [-0.15, -0.1) is 0 Å². The van der Waals surface area contributed by atoms with E-state index in [0.29, 0.717) is 25.4 Å². The summed E-state index contributed by atoms with van der Waals surface area (Å²) in [5.41, 5.74) is 0. The smallest absolute Gasteiger partial charge is 0.242 e. The Morgan fingerprint density at radius 1 is 1.18 bits per heavy atom. The molecule has 1 aliphatic heterocycles. The third-order valence-corrected chi connectivity index (χ3v) is 4.89. The maximum atomic E-state index is 12.3. The van der Waals surface area contributed by atoms with E-state index in [9.17, 15) is 9.59 Å². The fourth-order valence-electron chi connectivity index (χ4n) is 3.61. The lowest BCUT2D eigenvalue weighted by Crippen LogP contribution is -2.48. The number of amides is 2. The van der Waals surface area contributed by atoms with Crippen LogP contribution in [0.5, 0.6) is 0 Å². The largest absolute Gasteiger partial charge is 0.353 e. The molecule has 0 radical (unpaired) electrons. The summed E-state index contributed by atoms with van der Waals surface area (Å²) in [6.07, 6.45) is 10.0. The first-order chi connectivity index (χ1) is 10.7. The minimum absolute atomic E-state index is 0.000386. The van der Waals surface area contributed by atoms with Crippen LogP contribution in [0, 0.1) is 0 Å². The average molecular weight is 309 g/mol. The highest BCUT2D eigenvalue weighted by Gasteiger charge is 2.31. The van der Waals surface area contributed by atoms with Gasteiger partial charge in [0.15, 0.2) is 0 Å². The molecule has 126 valence electrons. The number of likely N-dealkylation sites (tertiary alicyclic amines) is 1. The van der Waals surface area contributed by atoms with E-state index in [4.69, 9.17) is 0 Å². The molecule has 0 bridgehead atoms. The highest BCUT2D eigenvalue weighted by Crippen LogP contribution is 2.17. The molecule has 1 heterocycles. The molecule has 1 aliphatic carbocycles. The van der Waals surface area contributed by atoms with Gasteiger partial charge in [0.2, 0.25) is 11.8 Å². The molecule has 5 nitrogen and oxygen atoms in total. The van der Waals surface area contributed by atoms with Gasteiger partial charge in [-0.1, -0.05) is 32.6 Å². The molecule has 1 saturated heterocycles. The third-order valence-electron chi connectivity index (χ3n) is 4.89. The van der Waals surface area contributed by atoms with Gasteiger partial charge in [0.25, 0.3) is 0 Å². The second-order valence-corrected chi connectivity index (χ2v) is 6.55. The Morgan fingerprint density at radius 3 is 2.50 bits per heavy atom. The van der Waals surface area contributed by atoms with Gasteiger partial charge in [-0.05, 0) is 25.7 Å². The van der Waals surface area contributed by atoms with Gasteiger partial charge in [0, 0.05) is 32.1 Å². The van der Waals surface area contributed by atoms with Crippen LogP contribution in [0.25, 0.3) is 0 Å². The van der Waals surface area contributed by atoms with E-state index in [2.05, 4.69) is 10.6 Å². The molecule has 2 fully saturated rings. The van der Waals surface area contributed by atoms with Crippen molar-refractivity contribution in [2.45, 2.75) is 76.8 Å². The maximum absolute atomic E-state index is 12.3. The van der Waals surface area contributed by atoms with E-state index < -0.39 is 0 Å². The van der Waals surface area contributed by atoms with Crippen molar-refractivity contribution in [3.63, 3.8) is 0 Å². The third kappa shape index (κ3) is 4.97. The molecular formula is C17H31N3O2. The monoisotopic (exact) mass is 309 g/mol. The molecule has 1 saturated carbocycles. The van der Waals surface area contributed by atoms with E-state index in [0.717, 1.165) is 19.5 Å². The van der Waals surface area contributed by atoms with Crippen LogP contribution in [0.4, 0.5) is 0 Å². The van der Waals surface area contributed by atoms with E-state index in [-0.39, 0.29) is 17.9 Å². The number of hydrogen-bond donors (Lipinski definition) is 2. The predicted molar refractivity (Wildman–Crippen MR) is 87.5 cm³/mol. The van der Waals surface area contributed by atoms with Gasteiger partial charge in [-0.2, -0.15) is 0 Å². The molecular weight excluding hydrogens is 278 g/mol. The Hall–Kier alpha value is -1.10. The summed E-state index contributed by atoms with van der Waals surface area (Å²) < 4.78 is 0. The van der Waals surface area contributed by atoms with Crippen LogP contribution >= 0.6 is 0 Å². The standard InChI is InChI=1S/C17H31N3O2/c1-2-15(20-13-7-10-16(20)21)17(22)19-12-11-18-14-8-5-3-4-6-9-14/h14-15,18H,2-13H2,1H3,(H,19,22). The molecule has 2 N–H and O–H groups in total. The molecule has 22 heavy (non-hydrogen) atoms. The number of nitrogens with one attached hydrogen (secondary N) is 2. The van der Waals surface area contributed by atoms with Crippen LogP contribution in [0.1, 0.15) is 64.7 Å². The van der Waals surface area contributed by atoms with Crippen molar-refractivity contribution in [3.05, 3.63) is 0 Å². The lowest BCUT2D eigenvalue weighted by Gasteiger charge is -2.26. The average Bonchev–Trinajstić information content (AvgIpc) is 2.78. The van der Waals surface area contributed by atoms with Gasteiger partial charge >= 0.3 is 0 Å². The highest BCUT2D eigenvalue weighted by atomic mass is 16.2. The molecule has 1 unspecified atom stereocenters. The summed E-state index contributed by atoms with van der Waals surface area (Å²) in [5, 5.41) is 6.55. The zero-order chi connectivity index (χ0) is 15.8. The molecule has 2 rings (SSSR count).